The molecule has 3 aromatic carbocycles. The Balaban J connectivity index is 1.91. The van der Waals surface area contributed by atoms with Gasteiger partial charge in [-0.05, 0) is 66.3 Å². The minimum Gasteiger partial charge on any atom is -0.484 e. The van der Waals surface area contributed by atoms with E-state index >= 15 is 0 Å². The molecule has 0 heterocycles. The van der Waals surface area contributed by atoms with Gasteiger partial charge in [0.2, 0.25) is 5.91 Å². The standard InChI is InChI=1S/C30H34Br2N2O3/c1-20(2)17-33-30(36)27(16-23-9-6-5-7-10-23)34(18-24-11-8-12-25(31)15-24)28(35)19-37-26-13-21(3)29(32)22(4)14-26/h5-15,20,27H,16-19H2,1-4H3,(H,33,36)/t27-/m1/s1. The van der Waals surface area contributed by atoms with Crippen LogP contribution in [0.5, 0.6) is 5.75 Å². The summed E-state index contributed by atoms with van der Waals surface area (Å²) in [6, 6.07) is 20.7. The molecule has 196 valence electrons. The van der Waals surface area contributed by atoms with Gasteiger partial charge >= 0.3 is 0 Å². The minimum atomic E-state index is -0.690. The van der Waals surface area contributed by atoms with Crippen LogP contribution in [0.15, 0.2) is 75.7 Å². The van der Waals surface area contributed by atoms with Gasteiger partial charge in [0.05, 0.1) is 0 Å². The predicted octanol–water partition coefficient (Wildman–Crippen LogP) is 6.62. The number of halogens is 2. The molecule has 5 nitrogen and oxygen atoms in total. The van der Waals surface area contributed by atoms with E-state index in [2.05, 4.69) is 37.2 Å². The van der Waals surface area contributed by atoms with E-state index in [1.807, 2.05) is 94.4 Å². The molecule has 3 rings (SSSR count). The molecule has 0 aliphatic carbocycles. The first-order chi connectivity index (χ1) is 17.6. The molecule has 1 atom stereocenters. The van der Waals surface area contributed by atoms with Crippen LogP contribution in [0.2, 0.25) is 0 Å². The number of nitrogens with one attached hydrogen (secondary N) is 1. The molecule has 0 radical (unpaired) electrons. The van der Waals surface area contributed by atoms with Gasteiger partial charge in [0, 0.05) is 28.5 Å². The second-order valence-corrected chi connectivity index (χ2v) is 11.4. The van der Waals surface area contributed by atoms with Crippen LogP contribution in [0.3, 0.4) is 0 Å². The van der Waals surface area contributed by atoms with Gasteiger partial charge in [0.1, 0.15) is 11.8 Å². The average Bonchev–Trinajstić information content (AvgIpc) is 2.87. The molecule has 2 amide bonds. The Morgan fingerprint density at radius 2 is 1.57 bits per heavy atom. The molecule has 0 unspecified atom stereocenters. The molecular weight excluding hydrogens is 596 g/mol. The molecule has 0 saturated carbocycles. The molecular formula is C30H34Br2N2O3. The maximum Gasteiger partial charge on any atom is 0.261 e. The molecule has 0 aromatic heterocycles. The lowest BCUT2D eigenvalue weighted by Crippen LogP contribution is -2.52. The number of benzene rings is 3. The highest BCUT2D eigenvalue weighted by atomic mass is 79.9. The summed E-state index contributed by atoms with van der Waals surface area (Å²) in [7, 11) is 0. The van der Waals surface area contributed by atoms with E-state index in [0.29, 0.717) is 24.6 Å². The number of nitrogens with zero attached hydrogens (tertiary/aromatic N) is 1. The number of ether oxygens (including phenoxy) is 1. The highest BCUT2D eigenvalue weighted by molar-refractivity contribution is 9.10. The maximum atomic E-state index is 13.7. The molecule has 0 fully saturated rings. The van der Waals surface area contributed by atoms with Crippen LogP contribution in [-0.4, -0.2) is 35.9 Å². The molecule has 37 heavy (non-hydrogen) atoms. The smallest absolute Gasteiger partial charge is 0.261 e. The van der Waals surface area contributed by atoms with Gasteiger partial charge in [-0.25, -0.2) is 0 Å². The summed E-state index contributed by atoms with van der Waals surface area (Å²) < 4.78 is 7.89. The Labute approximate surface area is 236 Å². The number of amides is 2. The Kier molecular flexibility index (Phi) is 10.8. The van der Waals surface area contributed by atoms with Crippen LogP contribution < -0.4 is 10.1 Å². The van der Waals surface area contributed by atoms with E-state index in [0.717, 1.165) is 31.2 Å². The van der Waals surface area contributed by atoms with Crippen LogP contribution in [0, 0.1) is 19.8 Å². The van der Waals surface area contributed by atoms with Gasteiger partial charge in [-0.3, -0.25) is 9.59 Å². The highest BCUT2D eigenvalue weighted by Crippen LogP contribution is 2.26. The summed E-state index contributed by atoms with van der Waals surface area (Å²) in [6.45, 7) is 8.72. The quantitative estimate of drug-likeness (QED) is 0.259. The van der Waals surface area contributed by atoms with E-state index in [9.17, 15) is 9.59 Å². The van der Waals surface area contributed by atoms with Crippen molar-refractivity contribution in [1.82, 2.24) is 10.2 Å². The summed E-state index contributed by atoms with van der Waals surface area (Å²) in [4.78, 5) is 28.9. The molecule has 1 N–H and O–H groups in total. The summed E-state index contributed by atoms with van der Waals surface area (Å²) >= 11 is 7.09. The topological polar surface area (TPSA) is 58.6 Å². The van der Waals surface area contributed by atoms with Crippen LogP contribution in [0.1, 0.15) is 36.1 Å². The fourth-order valence-electron chi connectivity index (χ4n) is 4.03. The number of hydrogen-bond donors (Lipinski definition) is 1. The van der Waals surface area contributed by atoms with Crippen molar-refractivity contribution in [2.45, 2.75) is 46.7 Å². The largest absolute Gasteiger partial charge is 0.484 e. The number of rotatable bonds is 11. The SMILES string of the molecule is Cc1cc(OCC(=O)N(Cc2cccc(Br)c2)[C@H](Cc2ccccc2)C(=O)NCC(C)C)cc(C)c1Br. The van der Waals surface area contributed by atoms with Crippen molar-refractivity contribution >= 4 is 43.7 Å². The lowest BCUT2D eigenvalue weighted by atomic mass is 10.0. The zero-order valence-electron chi connectivity index (χ0n) is 21.8. The lowest BCUT2D eigenvalue weighted by molar-refractivity contribution is -0.142. The Morgan fingerprint density at radius 3 is 2.19 bits per heavy atom. The van der Waals surface area contributed by atoms with Crippen molar-refractivity contribution in [3.05, 3.63) is 97.9 Å². The first kappa shape index (κ1) is 28.9. The first-order valence-corrected chi connectivity index (χ1v) is 14.0. The first-order valence-electron chi connectivity index (χ1n) is 12.4. The lowest BCUT2D eigenvalue weighted by Gasteiger charge is -2.32. The van der Waals surface area contributed by atoms with E-state index in [-0.39, 0.29) is 25.0 Å². The number of carbonyl (C=O) groups is 2. The van der Waals surface area contributed by atoms with Gasteiger partial charge in [-0.1, -0.05) is 88.2 Å². The third-order valence-corrected chi connectivity index (χ3v) is 7.71. The number of aryl methyl sites for hydroxylation is 2. The third-order valence-electron chi connectivity index (χ3n) is 5.97. The summed E-state index contributed by atoms with van der Waals surface area (Å²) in [5, 5.41) is 3.04. The molecule has 3 aromatic rings. The van der Waals surface area contributed by atoms with E-state index in [4.69, 9.17) is 4.74 Å². The second-order valence-electron chi connectivity index (χ2n) is 9.66. The van der Waals surface area contributed by atoms with E-state index < -0.39 is 6.04 Å². The summed E-state index contributed by atoms with van der Waals surface area (Å²) in [6.07, 6.45) is 0.404. The van der Waals surface area contributed by atoms with E-state index in [1.165, 1.54) is 0 Å². The van der Waals surface area contributed by atoms with Crippen LogP contribution in [0.25, 0.3) is 0 Å². The highest BCUT2D eigenvalue weighted by Gasteiger charge is 2.30. The molecule has 0 spiro atoms. The fourth-order valence-corrected chi connectivity index (χ4v) is 4.70. The Bertz CT molecular complexity index is 1190. The maximum absolute atomic E-state index is 13.7. The van der Waals surface area contributed by atoms with Gasteiger partial charge in [0.15, 0.2) is 6.61 Å². The number of hydrogen-bond acceptors (Lipinski definition) is 3. The van der Waals surface area contributed by atoms with Crippen LogP contribution in [0.4, 0.5) is 0 Å². The third kappa shape index (κ3) is 8.71. The van der Waals surface area contributed by atoms with Gasteiger partial charge in [0.25, 0.3) is 5.91 Å². The number of carbonyl (C=O) groups excluding carboxylic acids is 2. The normalized spacial score (nSPS) is 11.8. The molecule has 0 aliphatic heterocycles. The molecule has 7 heteroatoms. The van der Waals surface area contributed by atoms with Crippen molar-refractivity contribution in [3.63, 3.8) is 0 Å². The minimum absolute atomic E-state index is 0.169. The van der Waals surface area contributed by atoms with E-state index in [1.54, 1.807) is 4.90 Å². The molecule has 0 saturated heterocycles. The summed E-state index contributed by atoms with van der Waals surface area (Å²) in [5.41, 5.74) is 3.97. The zero-order chi connectivity index (χ0) is 26.9. The van der Waals surface area contributed by atoms with Crippen molar-refractivity contribution in [2.75, 3.05) is 13.2 Å². The van der Waals surface area contributed by atoms with Gasteiger partial charge in [-0.2, -0.15) is 0 Å². The second kappa shape index (κ2) is 13.8. The zero-order valence-corrected chi connectivity index (χ0v) is 24.9. The predicted molar refractivity (Wildman–Crippen MR) is 156 cm³/mol. The van der Waals surface area contributed by atoms with Crippen molar-refractivity contribution in [1.29, 1.82) is 0 Å². The fraction of sp³-hybridized carbons (Fsp3) is 0.333. The van der Waals surface area contributed by atoms with Crippen molar-refractivity contribution < 1.29 is 14.3 Å². The monoisotopic (exact) mass is 628 g/mol. The van der Waals surface area contributed by atoms with Crippen molar-refractivity contribution in [3.8, 4) is 5.75 Å². The van der Waals surface area contributed by atoms with Crippen LogP contribution >= 0.6 is 31.9 Å². The Morgan fingerprint density at radius 1 is 0.919 bits per heavy atom. The molecule has 0 bridgehead atoms. The van der Waals surface area contributed by atoms with Crippen LogP contribution in [-0.2, 0) is 22.6 Å². The van der Waals surface area contributed by atoms with Crippen molar-refractivity contribution in [2.24, 2.45) is 5.92 Å². The van der Waals surface area contributed by atoms with Gasteiger partial charge in [-0.15, -0.1) is 0 Å². The summed E-state index contributed by atoms with van der Waals surface area (Å²) in [5.74, 6) is 0.496. The average molecular weight is 630 g/mol. The van der Waals surface area contributed by atoms with Gasteiger partial charge < -0.3 is 15.0 Å². The molecule has 0 aliphatic rings. The Hall–Kier alpha value is -2.64.